The molecule has 1 saturated carbocycles. The summed E-state index contributed by atoms with van der Waals surface area (Å²) < 4.78 is 0. The Labute approximate surface area is 90.0 Å². The van der Waals surface area contributed by atoms with E-state index in [2.05, 4.69) is 5.32 Å². The molecule has 2 aliphatic rings. The third kappa shape index (κ3) is 2.78. The first kappa shape index (κ1) is 10.6. The van der Waals surface area contributed by atoms with Gasteiger partial charge in [0, 0.05) is 32.0 Å². The lowest BCUT2D eigenvalue weighted by Gasteiger charge is -2.28. The number of imide groups is 1. The van der Waals surface area contributed by atoms with Gasteiger partial charge in [-0.05, 0) is 18.8 Å². The number of hydrogen-bond donors (Lipinski definition) is 1. The second kappa shape index (κ2) is 4.31. The van der Waals surface area contributed by atoms with Crippen LogP contribution in [0.1, 0.15) is 32.6 Å². The van der Waals surface area contributed by atoms with Crippen molar-refractivity contribution in [3.8, 4) is 0 Å². The van der Waals surface area contributed by atoms with Crippen LogP contribution >= 0.6 is 0 Å². The van der Waals surface area contributed by atoms with Crippen LogP contribution in [0.15, 0.2) is 0 Å². The summed E-state index contributed by atoms with van der Waals surface area (Å²) in [5.41, 5.74) is 0. The SMILES string of the molecule is CC1CC(=O)N(CCNC2CC2)C(=O)C1. The fraction of sp³-hybridized carbons (Fsp3) is 0.818. The van der Waals surface area contributed by atoms with Crippen molar-refractivity contribution in [2.24, 2.45) is 5.92 Å². The quantitative estimate of drug-likeness (QED) is 0.688. The van der Waals surface area contributed by atoms with Crippen LogP contribution in [-0.4, -0.2) is 35.8 Å². The zero-order chi connectivity index (χ0) is 10.8. The average Bonchev–Trinajstić information content (AvgIpc) is 2.93. The molecule has 1 saturated heterocycles. The molecule has 1 heterocycles. The Balaban J connectivity index is 1.78. The van der Waals surface area contributed by atoms with Crippen molar-refractivity contribution in [3.63, 3.8) is 0 Å². The highest BCUT2D eigenvalue weighted by Crippen LogP contribution is 2.20. The molecule has 1 aliphatic carbocycles. The number of hydrogen-bond acceptors (Lipinski definition) is 3. The van der Waals surface area contributed by atoms with Gasteiger partial charge < -0.3 is 5.32 Å². The second-order valence-corrected chi connectivity index (χ2v) is 4.68. The Kier molecular flexibility index (Phi) is 3.05. The largest absolute Gasteiger partial charge is 0.312 e. The van der Waals surface area contributed by atoms with E-state index < -0.39 is 0 Å². The van der Waals surface area contributed by atoms with Crippen molar-refractivity contribution < 1.29 is 9.59 Å². The molecule has 1 N–H and O–H groups in total. The first-order valence-electron chi connectivity index (χ1n) is 5.73. The third-order valence-electron chi connectivity index (χ3n) is 2.99. The van der Waals surface area contributed by atoms with Crippen LogP contribution in [0.3, 0.4) is 0 Å². The van der Waals surface area contributed by atoms with Crippen molar-refractivity contribution in [2.45, 2.75) is 38.6 Å². The Morgan fingerprint density at radius 3 is 2.40 bits per heavy atom. The van der Waals surface area contributed by atoms with Crippen LogP contribution in [0.4, 0.5) is 0 Å². The van der Waals surface area contributed by atoms with Gasteiger partial charge in [0.15, 0.2) is 0 Å². The summed E-state index contributed by atoms with van der Waals surface area (Å²) in [7, 11) is 0. The average molecular weight is 210 g/mol. The minimum Gasteiger partial charge on any atom is -0.312 e. The van der Waals surface area contributed by atoms with Gasteiger partial charge in [-0.15, -0.1) is 0 Å². The third-order valence-corrected chi connectivity index (χ3v) is 2.99. The number of carbonyl (C=O) groups is 2. The Morgan fingerprint density at radius 2 is 1.87 bits per heavy atom. The Hall–Kier alpha value is -0.900. The van der Waals surface area contributed by atoms with Crippen molar-refractivity contribution in [1.29, 1.82) is 0 Å². The molecule has 0 aromatic carbocycles. The van der Waals surface area contributed by atoms with Crippen molar-refractivity contribution in [3.05, 3.63) is 0 Å². The van der Waals surface area contributed by atoms with Crippen LogP contribution < -0.4 is 5.32 Å². The Bertz CT molecular complexity index is 256. The van der Waals surface area contributed by atoms with Crippen molar-refractivity contribution in [2.75, 3.05) is 13.1 Å². The van der Waals surface area contributed by atoms with Crippen LogP contribution in [0.25, 0.3) is 0 Å². The predicted molar refractivity (Wildman–Crippen MR) is 56.1 cm³/mol. The zero-order valence-electron chi connectivity index (χ0n) is 9.16. The van der Waals surface area contributed by atoms with Crippen molar-refractivity contribution >= 4 is 11.8 Å². The van der Waals surface area contributed by atoms with E-state index in [1.807, 2.05) is 6.92 Å². The predicted octanol–water partition coefficient (Wildman–Crippen LogP) is 0.524. The fourth-order valence-electron chi connectivity index (χ4n) is 1.95. The molecule has 0 radical (unpaired) electrons. The monoisotopic (exact) mass is 210 g/mol. The van der Waals surface area contributed by atoms with Gasteiger partial charge in [0.05, 0.1) is 0 Å². The summed E-state index contributed by atoms with van der Waals surface area (Å²) >= 11 is 0. The molecule has 2 rings (SSSR count). The number of likely N-dealkylation sites (tertiary alicyclic amines) is 1. The molecule has 15 heavy (non-hydrogen) atoms. The minimum absolute atomic E-state index is 0.00338. The van der Waals surface area contributed by atoms with Crippen LogP contribution in [0.2, 0.25) is 0 Å². The fourth-order valence-corrected chi connectivity index (χ4v) is 1.95. The second-order valence-electron chi connectivity index (χ2n) is 4.68. The molecule has 1 aliphatic heterocycles. The highest BCUT2D eigenvalue weighted by molar-refractivity contribution is 5.97. The maximum absolute atomic E-state index is 11.6. The summed E-state index contributed by atoms with van der Waals surface area (Å²) in [5.74, 6) is 0.213. The molecule has 0 unspecified atom stereocenters. The van der Waals surface area contributed by atoms with Crippen LogP contribution in [0.5, 0.6) is 0 Å². The van der Waals surface area contributed by atoms with E-state index >= 15 is 0 Å². The smallest absolute Gasteiger partial charge is 0.229 e. The van der Waals surface area contributed by atoms with Gasteiger partial charge >= 0.3 is 0 Å². The van der Waals surface area contributed by atoms with Gasteiger partial charge in [-0.2, -0.15) is 0 Å². The van der Waals surface area contributed by atoms with E-state index in [0.717, 1.165) is 6.54 Å². The molecule has 0 aromatic rings. The lowest BCUT2D eigenvalue weighted by molar-refractivity contribution is -0.149. The first-order chi connectivity index (χ1) is 7.16. The van der Waals surface area contributed by atoms with Crippen LogP contribution in [-0.2, 0) is 9.59 Å². The van der Waals surface area contributed by atoms with Gasteiger partial charge in [-0.25, -0.2) is 0 Å². The number of carbonyl (C=O) groups excluding carboxylic acids is 2. The number of amides is 2. The first-order valence-corrected chi connectivity index (χ1v) is 5.73. The van der Waals surface area contributed by atoms with Gasteiger partial charge in [0.1, 0.15) is 0 Å². The normalized spacial score (nSPS) is 23.7. The summed E-state index contributed by atoms with van der Waals surface area (Å²) in [4.78, 5) is 24.6. The molecule has 2 amide bonds. The van der Waals surface area contributed by atoms with Gasteiger partial charge in [0.2, 0.25) is 11.8 Å². The van der Waals surface area contributed by atoms with E-state index in [1.54, 1.807) is 0 Å². The van der Waals surface area contributed by atoms with E-state index in [9.17, 15) is 9.59 Å². The highest BCUT2D eigenvalue weighted by Gasteiger charge is 2.30. The van der Waals surface area contributed by atoms with Gasteiger partial charge in [0.25, 0.3) is 0 Å². The molecule has 2 fully saturated rings. The summed E-state index contributed by atoms with van der Waals surface area (Å²) in [6.07, 6.45) is 3.52. The Morgan fingerprint density at radius 1 is 1.27 bits per heavy atom. The number of piperidine rings is 1. The summed E-state index contributed by atoms with van der Waals surface area (Å²) in [6.45, 7) is 3.24. The molecule has 4 nitrogen and oxygen atoms in total. The van der Waals surface area contributed by atoms with Crippen LogP contribution in [0, 0.1) is 5.92 Å². The van der Waals surface area contributed by atoms with E-state index in [4.69, 9.17) is 0 Å². The maximum atomic E-state index is 11.6. The molecular weight excluding hydrogens is 192 g/mol. The molecule has 0 aromatic heterocycles. The van der Waals surface area contributed by atoms with Crippen molar-refractivity contribution in [1.82, 2.24) is 10.2 Å². The zero-order valence-corrected chi connectivity index (χ0v) is 9.16. The van der Waals surface area contributed by atoms with Gasteiger partial charge in [-0.3, -0.25) is 14.5 Å². The topological polar surface area (TPSA) is 49.4 Å². The standard InChI is InChI=1S/C11H18N2O2/c1-8-6-10(14)13(11(15)7-8)5-4-12-9-2-3-9/h8-9,12H,2-7H2,1H3. The summed E-state index contributed by atoms with van der Waals surface area (Å²) in [5, 5.41) is 3.31. The summed E-state index contributed by atoms with van der Waals surface area (Å²) in [6, 6.07) is 0.638. The molecule has 84 valence electrons. The molecule has 0 spiro atoms. The number of nitrogens with one attached hydrogen (secondary N) is 1. The van der Waals surface area contributed by atoms with Gasteiger partial charge in [-0.1, -0.05) is 6.92 Å². The lowest BCUT2D eigenvalue weighted by Crippen LogP contribution is -2.45. The number of rotatable bonds is 4. The molecule has 0 atom stereocenters. The van der Waals surface area contributed by atoms with E-state index in [1.165, 1.54) is 17.7 Å². The van der Waals surface area contributed by atoms with E-state index in [-0.39, 0.29) is 17.7 Å². The molecular formula is C11H18N2O2. The maximum Gasteiger partial charge on any atom is 0.229 e. The minimum atomic E-state index is -0.00338. The molecule has 0 bridgehead atoms. The number of nitrogens with zero attached hydrogens (tertiary/aromatic N) is 1. The van der Waals surface area contributed by atoms with E-state index in [0.29, 0.717) is 25.4 Å². The molecule has 4 heteroatoms. The highest BCUT2D eigenvalue weighted by atomic mass is 16.2. The lowest BCUT2D eigenvalue weighted by atomic mass is 9.98.